The minimum absolute atomic E-state index is 0.138. The van der Waals surface area contributed by atoms with Crippen LogP contribution in [0.3, 0.4) is 0 Å². The smallest absolute Gasteiger partial charge is 0.225 e. The Morgan fingerprint density at radius 1 is 1.12 bits per heavy atom. The van der Waals surface area contributed by atoms with Gasteiger partial charge >= 0.3 is 0 Å². The van der Waals surface area contributed by atoms with Crippen molar-refractivity contribution in [3.05, 3.63) is 54.4 Å². The number of fused-ring (bicyclic) bond motifs is 1. The third-order valence-corrected chi connectivity index (χ3v) is 5.23. The number of sulfone groups is 1. The Hall–Kier alpha value is -2.67. The normalized spacial score (nSPS) is 11.5. The van der Waals surface area contributed by atoms with Gasteiger partial charge in [-0.3, -0.25) is 4.79 Å². The zero-order chi connectivity index (χ0) is 17.2. The zero-order valence-corrected chi connectivity index (χ0v) is 13.8. The molecule has 1 N–H and O–H groups in total. The molecule has 0 unspecified atom stereocenters. The van der Waals surface area contributed by atoms with Crippen molar-refractivity contribution in [1.29, 1.82) is 0 Å². The van der Waals surface area contributed by atoms with Crippen LogP contribution in [-0.2, 0) is 14.6 Å². The molecule has 124 valence electrons. The molecule has 3 rings (SSSR count). The number of aryl methyl sites for hydroxylation is 1. The summed E-state index contributed by atoms with van der Waals surface area (Å²) in [7, 11) is -3.48. The van der Waals surface area contributed by atoms with Crippen molar-refractivity contribution in [3.63, 3.8) is 0 Å². The van der Waals surface area contributed by atoms with E-state index in [2.05, 4.69) is 10.3 Å². The Bertz CT molecular complexity index is 978. The molecule has 2 aromatic carbocycles. The Balaban J connectivity index is 1.70. The summed E-state index contributed by atoms with van der Waals surface area (Å²) in [6.07, 6.45) is -0.138. The number of amides is 1. The molecule has 7 heteroatoms. The van der Waals surface area contributed by atoms with Crippen molar-refractivity contribution < 1.29 is 17.6 Å². The number of carbonyl (C=O) groups is 1. The molecule has 0 atom stereocenters. The summed E-state index contributed by atoms with van der Waals surface area (Å²) in [5.41, 5.74) is 1.60. The van der Waals surface area contributed by atoms with Crippen LogP contribution in [0.4, 0.5) is 5.69 Å². The molecule has 0 saturated carbocycles. The Morgan fingerprint density at radius 2 is 1.88 bits per heavy atom. The molecule has 0 aliphatic carbocycles. The molecule has 24 heavy (non-hydrogen) atoms. The number of aromatic nitrogens is 1. The van der Waals surface area contributed by atoms with Gasteiger partial charge in [0.05, 0.1) is 16.3 Å². The van der Waals surface area contributed by atoms with Gasteiger partial charge in [-0.1, -0.05) is 24.3 Å². The number of para-hydroxylation sites is 1. The van der Waals surface area contributed by atoms with Crippen LogP contribution < -0.4 is 5.32 Å². The summed E-state index contributed by atoms with van der Waals surface area (Å²) in [5, 5.41) is 2.69. The topological polar surface area (TPSA) is 89.3 Å². The van der Waals surface area contributed by atoms with Crippen molar-refractivity contribution in [2.75, 3.05) is 11.1 Å². The number of rotatable bonds is 5. The van der Waals surface area contributed by atoms with Gasteiger partial charge in [0, 0.05) is 13.3 Å². The number of hydrogen-bond donors (Lipinski definition) is 1. The highest BCUT2D eigenvalue weighted by atomic mass is 32.2. The average Bonchev–Trinajstić information content (AvgIpc) is 2.95. The van der Waals surface area contributed by atoms with Crippen LogP contribution >= 0.6 is 0 Å². The third kappa shape index (κ3) is 3.46. The van der Waals surface area contributed by atoms with E-state index in [-0.39, 0.29) is 17.1 Å². The van der Waals surface area contributed by atoms with Crippen LogP contribution in [0, 0.1) is 6.92 Å². The standard InChI is InChI=1S/C17H16N2O4S/c1-12-18-14-8-5-9-15(17(14)23-12)19-16(20)10-11-24(21,22)13-6-3-2-4-7-13/h2-9H,10-11H2,1H3,(H,19,20). The number of benzene rings is 2. The average molecular weight is 344 g/mol. The lowest BCUT2D eigenvalue weighted by Gasteiger charge is -2.06. The van der Waals surface area contributed by atoms with Crippen molar-refractivity contribution in [3.8, 4) is 0 Å². The van der Waals surface area contributed by atoms with Gasteiger partial charge in [-0.15, -0.1) is 0 Å². The van der Waals surface area contributed by atoms with Gasteiger partial charge in [0.2, 0.25) is 5.91 Å². The number of nitrogens with zero attached hydrogens (tertiary/aromatic N) is 1. The van der Waals surface area contributed by atoms with Crippen molar-refractivity contribution >= 4 is 32.5 Å². The molecule has 1 aromatic heterocycles. The Labute approximate surface area is 139 Å². The lowest BCUT2D eigenvalue weighted by atomic mass is 10.2. The molecule has 0 aliphatic heterocycles. The van der Waals surface area contributed by atoms with E-state index < -0.39 is 15.7 Å². The molecule has 1 amide bonds. The Morgan fingerprint density at radius 3 is 2.62 bits per heavy atom. The highest BCUT2D eigenvalue weighted by molar-refractivity contribution is 7.91. The summed E-state index contributed by atoms with van der Waals surface area (Å²) in [6.45, 7) is 1.72. The predicted octanol–water partition coefficient (Wildman–Crippen LogP) is 2.94. The molecule has 0 aliphatic rings. The maximum absolute atomic E-state index is 12.2. The first-order valence-corrected chi connectivity index (χ1v) is 9.05. The van der Waals surface area contributed by atoms with E-state index in [0.29, 0.717) is 22.7 Å². The fourth-order valence-electron chi connectivity index (χ4n) is 2.34. The molecular formula is C17H16N2O4S. The zero-order valence-electron chi connectivity index (χ0n) is 13.0. The van der Waals surface area contributed by atoms with Gasteiger partial charge in [-0.05, 0) is 24.3 Å². The molecule has 0 bridgehead atoms. The number of hydrogen-bond acceptors (Lipinski definition) is 5. The first-order valence-electron chi connectivity index (χ1n) is 7.39. The van der Waals surface area contributed by atoms with Crippen molar-refractivity contribution in [1.82, 2.24) is 4.98 Å². The molecule has 0 spiro atoms. The van der Waals surface area contributed by atoms with Crippen LogP contribution in [-0.4, -0.2) is 25.1 Å². The van der Waals surface area contributed by atoms with E-state index in [1.54, 1.807) is 43.3 Å². The van der Waals surface area contributed by atoms with Gasteiger partial charge in [-0.2, -0.15) is 0 Å². The second kappa shape index (κ2) is 6.45. The second-order valence-corrected chi connectivity index (χ2v) is 7.43. The lowest BCUT2D eigenvalue weighted by molar-refractivity contribution is -0.115. The highest BCUT2D eigenvalue weighted by Gasteiger charge is 2.17. The van der Waals surface area contributed by atoms with Crippen LogP contribution in [0.2, 0.25) is 0 Å². The Kier molecular flexibility index (Phi) is 4.35. The van der Waals surface area contributed by atoms with Gasteiger partial charge < -0.3 is 9.73 Å². The predicted molar refractivity (Wildman–Crippen MR) is 90.5 cm³/mol. The fourth-order valence-corrected chi connectivity index (χ4v) is 3.61. The van der Waals surface area contributed by atoms with E-state index in [0.717, 1.165) is 0 Å². The van der Waals surface area contributed by atoms with Crippen LogP contribution in [0.15, 0.2) is 57.8 Å². The molecule has 0 fully saturated rings. The minimum Gasteiger partial charge on any atom is -0.439 e. The molecule has 0 radical (unpaired) electrons. The van der Waals surface area contributed by atoms with E-state index in [9.17, 15) is 13.2 Å². The second-order valence-electron chi connectivity index (χ2n) is 5.32. The third-order valence-electron chi connectivity index (χ3n) is 3.50. The molecule has 3 aromatic rings. The molecule has 0 saturated heterocycles. The largest absolute Gasteiger partial charge is 0.439 e. The maximum atomic E-state index is 12.2. The van der Waals surface area contributed by atoms with E-state index in [1.807, 2.05) is 0 Å². The molecule has 1 heterocycles. The quantitative estimate of drug-likeness (QED) is 0.768. The lowest BCUT2D eigenvalue weighted by Crippen LogP contribution is -2.17. The first kappa shape index (κ1) is 16.2. The summed E-state index contributed by atoms with van der Waals surface area (Å²) in [4.78, 5) is 16.5. The number of nitrogens with one attached hydrogen (secondary N) is 1. The van der Waals surface area contributed by atoms with Gasteiger partial charge in [0.25, 0.3) is 0 Å². The van der Waals surface area contributed by atoms with Crippen LogP contribution in [0.1, 0.15) is 12.3 Å². The summed E-state index contributed by atoms with van der Waals surface area (Å²) in [5.74, 6) is -0.150. The summed E-state index contributed by atoms with van der Waals surface area (Å²) in [6, 6.07) is 13.3. The van der Waals surface area contributed by atoms with E-state index in [1.165, 1.54) is 12.1 Å². The van der Waals surface area contributed by atoms with Gasteiger partial charge in [0.1, 0.15) is 5.52 Å². The van der Waals surface area contributed by atoms with E-state index in [4.69, 9.17) is 4.42 Å². The SMILES string of the molecule is Cc1nc2cccc(NC(=O)CCS(=O)(=O)c3ccccc3)c2o1. The number of oxazole rings is 1. The monoisotopic (exact) mass is 344 g/mol. The van der Waals surface area contributed by atoms with E-state index >= 15 is 0 Å². The highest BCUT2D eigenvalue weighted by Crippen LogP contribution is 2.24. The minimum atomic E-state index is -3.48. The van der Waals surface area contributed by atoms with Crippen molar-refractivity contribution in [2.45, 2.75) is 18.2 Å². The van der Waals surface area contributed by atoms with Crippen molar-refractivity contribution in [2.24, 2.45) is 0 Å². The van der Waals surface area contributed by atoms with Crippen LogP contribution in [0.5, 0.6) is 0 Å². The molecule has 6 nitrogen and oxygen atoms in total. The molecular weight excluding hydrogens is 328 g/mol. The fraction of sp³-hybridized carbons (Fsp3) is 0.176. The van der Waals surface area contributed by atoms with Crippen LogP contribution in [0.25, 0.3) is 11.1 Å². The summed E-state index contributed by atoms with van der Waals surface area (Å²) >= 11 is 0. The van der Waals surface area contributed by atoms with Gasteiger partial charge in [-0.25, -0.2) is 13.4 Å². The first-order chi connectivity index (χ1) is 11.5. The number of anilines is 1. The maximum Gasteiger partial charge on any atom is 0.225 e. The number of carbonyl (C=O) groups excluding carboxylic acids is 1. The van der Waals surface area contributed by atoms with Gasteiger partial charge in [0.15, 0.2) is 21.3 Å². The summed E-state index contributed by atoms with van der Waals surface area (Å²) < 4.78 is 29.9.